The number of nitrogens with zero attached hydrogens (tertiary/aromatic N) is 4. The summed E-state index contributed by atoms with van der Waals surface area (Å²) in [6.45, 7) is 4.37. The van der Waals surface area contributed by atoms with Crippen molar-refractivity contribution in [2.75, 3.05) is 0 Å². The van der Waals surface area contributed by atoms with Gasteiger partial charge in [0, 0.05) is 29.5 Å². The van der Waals surface area contributed by atoms with Crippen molar-refractivity contribution in [2.45, 2.75) is 24.0 Å². The molecule has 31 heavy (non-hydrogen) atoms. The van der Waals surface area contributed by atoms with E-state index in [-0.39, 0.29) is 23.2 Å². The first-order valence-corrected chi connectivity index (χ1v) is 10.8. The minimum atomic E-state index is -0.435. The zero-order chi connectivity index (χ0) is 22.4. The van der Waals surface area contributed by atoms with Crippen molar-refractivity contribution in [3.8, 4) is 0 Å². The predicted octanol–water partition coefficient (Wildman–Crippen LogP) is 4.90. The SMILES string of the molecule is C=CCn1c(CNC(=O)c2ccc(Cl)cc2Cl)nnc1SCc1ccc([N+](=O)[O-])cc1. The molecule has 0 radical (unpaired) electrons. The Morgan fingerprint density at radius 1 is 1.23 bits per heavy atom. The molecule has 0 atom stereocenters. The summed E-state index contributed by atoms with van der Waals surface area (Å²) in [4.78, 5) is 22.8. The third-order valence-corrected chi connectivity index (χ3v) is 5.79. The third-order valence-electron chi connectivity index (χ3n) is 4.20. The van der Waals surface area contributed by atoms with Crippen molar-refractivity contribution in [3.05, 3.63) is 92.2 Å². The summed E-state index contributed by atoms with van der Waals surface area (Å²) in [5.41, 5.74) is 1.27. The Hall–Kier alpha value is -2.88. The number of thioether (sulfide) groups is 1. The summed E-state index contributed by atoms with van der Waals surface area (Å²) in [6.07, 6.45) is 1.71. The Morgan fingerprint density at radius 3 is 2.61 bits per heavy atom. The normalized spacial score (nSPS) is 10.6. The first-order chi connectivity index (χ1) is 14.9. The Labute approximate surface area is 192 Å². The van der Waals surface area contributed by atoms with E-state index in [9.17, 15) is 14.9 Å². The highest BCUT2D eigenvalue weighted by Gasteiger charge is 2.15. The number of nitro groups is 1. The minimum absolute atomic E-state index is 0.0439. The molecule has 3 aromatic rings. The van der Waals surface area contributed by atoms with E-state index in [1.165, 1.54) is 30.0 Å². The van der Waals surface area contributed by atoms with Crippen molar-refractivity contribution in [1.29, 1.82) is 0 Å². The highest BCUT2D eigenvalue weighted by atomic mass is 35.5. The van der Waals surface area contributed by atoms with Gasteiger partial charge < -0.3 is 9.88 Å². The van der Waals surface area contributed by atoms with Gasteiger partial charge in [0.1, 0.15) is 0 Å². The van der Waals surface area contributed by atoms with Gasteiger partial charge in [-0.1, -0.05) is 53.2 Å². The van der Waals surface area contributed by atoms with E-state index in [0.717, 1.165) is 5.56 Å². The van der Waals surface area contributed by atoms with Gasteiger partial charge in [-0.15, -0.1) is 16.8 Å². The molecule has 0 bridgehead atoms. The lowest BCUT2D eigenvalue weighted by atomic mass is 10.2. The molecule has 160 valence electrons. The largest absolute Gasteiger partial charge is 0.345 e. The Kier molecular flexibility index (Phi) is 7.67. The second-order valence-corrected chi connectivity index (χ2v) is 8.10. The average Bonchev–Trinajstić information content (AvgIpc) is 3.12. The zero-order valence-electron chi connectivity index (χ0n) is 16.1. The van der Waals surface area contributed by atoms with Gasteiger partial charge in [-0.05, 0) is 23.8 Å². The van der Waals surface area contributed by atoms with E-state index < -0.39 is 4.92 Å². The van der Waals surface area contributed by atoms with E-state index in [0.29, 0.717) is 33.9 Å². The number of rotatable bonds is 9. The molecular weight excluding hydrogens is 461 g/mol. The van der Waals surface area contributed by atoms with E-state index in [4.69, 9.17) is 23.2 Å². The predicted molar refractivity (Wildman–Crippen MR) is 121 cm³/mol. The topological polar surface area (TPSA) is 103 Å². The fourth-order valence-corrected chi connectivity index (χ4v) is 4.08. The lowest BCUT2D eigenvalue weighted by Gasteiger charge is -2.09. The molecule has 1 N–H and O–H groups in total. The van der Waals surface area contributed by atoms with Crippen LogP contribution in [0.15, 0.2) is 60.3 Å². The number of nitro benzene ring substituents is 1. The molecule has 3 rings (SSSR count). The molecule has 0 aliphatic rings. The number of allylic oxidation sites excluding steroid dienone is 1. The van der Waals surface area contributed by atoms with Crippen LogP contribution in [0.4, 0.5) is 5.69 Å². The van der Waals surface area contributed by atoms with Gasteiger partial charge in [0.15, 0.2) is 11.0 Å². The van der Waals surface area contributed by atoms with Crippen molar-refractivity contribution in [2.24, 2.45) is 0 Å². The molecule has 0 spiro atoms. The van der Waals surface area contributed by atoms with Gasteiger partial charge in [0.2, 0.25) is 0 Å². The number of aromatic nitrogens is 3. The molecule has 1 heterocycles. The monoisotopic (exact) mass is 477 g/mol. The van der Waals surface area contributed by atoms with Gasteiger partial charge in [0.05, 0.1) is 22.1 Å². The molecule has 0 saturated heterocycles. The van der Waals surface area contributed by atoms with E-state index in [1.807, 2.05) is 4.57 Å². The quantitative estimate of drug-likeness (QED) is 0.203. The van der Waals surface area contributed by atoms with Crippen LogP contribution in [0.25, 0.3) is 0 Å². The number of hydrogen-bond donors (Lipinski definition) is 1. The summed E-state index contributed by atoms with van der Waals surface area (Å²) in [5, 5.41) is 23.3. The van der Waals surface area contributed by atoms with E-state index >= 15 is 0 Å². The molecule has 1 amide bonds. The van der Waals surface area contributed by atoms with Crippen LogP contribution in [0, 0.1) is 10.1 Å². The number of hydrogen-bond acceptors (Lipinski definition) is 6. The number of benzene rings is 2. The smallest absolute Gasteiger partial charge is 0.269 e. The van der Waals surface area contributed by atoms with Crippen LogP contribution in [0.2, 0.25) is 10.0 Å². The molecule has 11 heteroatoms. The summed E-state index contributed by atoms with van der Waals surface area (Å²) in [7, 11) is 0. The van der Waals surface area contributed by atoms with Gasteiger partial charge in [-0.3, -0.25) is 14.9 Å². The molecule has 1 aromatic heterocycles. The van der Waals surface area contributed by atoms with Crippen LogP contribution in [0.1, 0.15) is 21.7 Å². The standard InChI is InChI=1S/C20H17Cl2N5O3S/c1-2-9-26-18(11-23-19(28)16-8-5-14(21)10-17(16)22)24-25-20(26)31-12-13-3-6-15(7-4-13)27(29)30/h2-8,10H,1,9,11-12H2,(H,23,28). The van der Waals surface area contributed by atoms with Crippen LogP contribution in [0.5, 0.6) is 0 Å². The van der Waals surface area contributed by atoms with E-state index in [1.54, 1.807) is 30.3 Å². The van der Waals surface area contributed by atoms with Crippen molar-refractivity contribution in [3.63, 3.8) is 0 Å². The summed E-state index contributed by atoms with van der Waals surface area (Å²) in [5.74, 6) is 0.763. The van der Waals surface area contributed by atoms with Crippen molar-refractivity contribution >= 4 is 46.6 Å². The van der Waals surface area contributed by atoms with Crippen LogP contribution in [0.3, 0.4) is 0 Å². The molecule has 0 unspecified atom stereocenters. The first-order valence-electron chi connectivity index (χ1n) is 9.01. The maximum atomic E-state index is 12.4. The lowest BCUT2D eigenvalue weighted by molar-refractivity contribution is -0.384. The van der Waals surface area contributed by atoms with Crippen LogP contribution in [-0.2, 0) is 18.8 Å². The minimum Gasteiger partial charge on any atom is -0.345 e. The fraction of sp³-hybridized carbons (Fsp3) is 0.150. The average molecular weight is 478 g/mol. The van der Waals surface area contributed by atoms with Crippen LogP contribution in [-0.4, -0.2) is 25.6 Å². The van der Waals surface area contributed by atoms with E-state index in [2.05, 4.69) is 22.1 Å². The van der Waals surface area contributed by atoms with Crippen molar-refractivity contribution in [1.82, 2.24) is 20.1 Å². The third kappa shape index (κ3) is 5.84. The fourth-order valence-electron chi connectivity index (χ4n) is 2.66. The molecule has 2 aromatic carbocycles. The number of non-ortho nitro benzene ring substituents is 1. The second kappa shape index (κ2) is 10.4. The summed E-state index contributed by atoms with van der Waals surface area (Å²) in [6, 6.07) is 11.0. The second-order valence-electron chi connectivity index (χ2n) is 6.32. The first kappa shape index (κ1) is 22.8. The molecule has 0 aliphatic heterocycles. The number of carbonyl (C=O) groups is 1. The highest BCUT2D eigenvalue weighted by molar-refractivity contribution is 7.98. The molecule has 8 nitrogen and oxygen atoms in total. The van der Waals surface area contributed by atoms with Gasteiger partial charge in [-0.25, -0.2) is 0 Å². The van der Waals surface area contributed by atoms with Gasteiger partial charge in [0.25, 0.3) is 11.6 Å². The number of nitrogens with one attached hydrogen (secondary N) is 1. The maximum Gasteiger partial charge on any atom is 0.269 e. The number of carbonyl (C=O) groups excluding carboxylic acids is 1. The zero-order valence-corrected chi connectivity index (χ0v) is 18.5. The van der Waals surface area contributed by atoms with Crippen LogP contribution >= 0.6 is 35.0 Å². The molecule has 0 saturated carbocycles. The molecular formula is C20H17Cl2N5O3S. The highest BCUT2D eigenvalue weighted by Crippen LogP contribution is 2.24. The summed E-state index contributed by atoms with van der Waals surface area (Å²) >= 11 is 13.4. The molecule has 0 aliphatic carbocycles. The van der Waals surface area contributed by atoms with Gasteiger partial charge >= 0.3 is 0 Å². The Morgan fingerprint density at radius 2 is 1.97 bits per heavy atom. The maximum absolute atomic E-state index is 12.4. The summed E-state index contributed by atoms with van der Waals surface area (Å²) < 4.78 is 1.84. The van der Waals surface area contributed by atoms with Crippen molar-refractivity contribution < 1.29 is 9.72 Å². The number of halogens is 2. The lowest BCUT2D eigenvalue weighted by Crippen LogP contribution is -2.25. The van der Waals surface area contributed by atoms with Gasteiger partial charge in [-0.2, -0.15) is 0 Å². The Balaban J connectivity index is 1.67. The Bertz CT molecular complexity index is 1120. The number of amides is 1. The molecule has 0 fully saturated rings. The van der Waals surface area contributed by atoms with Crippen LogP contribution < -0.4 is 5.32 Å².